The lowest BCUT2D eigenvalue weighted by Gasteiger charge is -2.26. The molecule has 1 aliphatic heterocycles. The summed E-state index contributed by atoms with van der Waals surface area (Å²) in [5, 5.41) is 4.48. The molecular weight excluding hydrogens is 334 g/mol. The van der Waals surface area contributed by atoms with Gasteiger partial charge in [0.1, 0.15) is 0 Å². The maximum atomic E-state index is 13.1. The van der Waals surface area contributed by atoms with Crippen LogP contribution in [0.25, 0.3) is 0 Å². The van der Waals surface area contributed by atoms with E-state index in [-0.39, 0.29) is 18.1 Å². The third-order valence-electron chi connectivity index (χ3n) is 4.96. The fourth-order valence-corrected chi connectivity index (χ4v) is 4.34. The Morgan fingerprint density at radius 2 is 2.20 bits per heavy atom. The smallest absolute Gasteiger partial charge is 0.264 e. The predicted molar refractivity (Wildman–Crippen MR) is 99.9 cm³/mol. The van der Waals surface area contributed by atoms with Crippen molar-refractivity contribution in [2.24, 2.45) is 7.05 Å². The van der Waals surface area contributed by atoms with Crippen molar-refractivity contribution in [3.8, 4) is 0 Å². The average Bonchev–Trinajstić information content (AvgIpc) is 3.28. The van der Waals surface area contributed by atoms with Crippen molar-refractivity contribution in [3.63, 3.8) is 0 Å². The largest absolute Gasteiger partial charge is 0.373 e. The fraction of sp³-hybridized carbons (Fsp3) is 0.579. The van der Waals surface area contributed by atoms with Crippen molar-refractivity contribution in [2.45, 2.75) is 59.2 Å². The molecular formula is C19H27N3O2S. The van der Waals surface area contributed by atoms with E-state index in [0.717, 1.165) is 41.3 Å². The van der Waals surface area contributed by atoms with Crippen LogP contribution < -0.4 is 0 Å². The fourth-order valence-electron chi connectivity index (χ4n) is 3.29. The van der Waals surface area contributed by atoms with Gasteiger partial charge in [-0.1, -0.05) is 0 Å². The number of aromatic nitrogens is 2. The SMILES string of the molecule is Cc1nn(C)c(C)c1CN(C(=O)c1ccc([C@@H]2CCCO2)s1)C(C)C. The molecule has 3 heterocycles. The van der Waals surface area contributed by atoms with E-state index in [1.165, 1.54) is 4.88 Å². The van der Waals surface area contributed by atoms with E-state index < -0.39 is 0 Å². The van der Waals surface area contributed by atoms with Crippen molar-refractivity contribution in [2.75, 3.05) is 6.61 Å². The number of carbonyl (C=O) groups excluding carboxylic acids is 1. The highest BCUT2D eigenvalue weighted by molar-refractivity contribution is 7.14. The van der Waals surface area contributed by atoms with Gasteiger partial charge in [-0.25, -0.2) is 0 Å². The first-order valence-electron chi connectivity index (χ1n) is 8.90. The third kappa shape index (κ3) is 3.65. The second-order valence-electron chi connectivity index (χ2n) is 7.00. The average molecular weight is 362 g/mol. The van der Waals surface area contributed by atoms with Gasteiger partial charge in [-0.3, -0.25) is 9.48 Å². The van der Waals surface area contributed by atoms with Crippen LogP contribution in [0.1, 0.15) is 64.3 Å². The number of aryl methyl sites for hydroxylation is 2. The van der Waals surface area contributed by atoms with Crippen LogP contribution in [0.4, 0.5) is 0 Å². The number of thiophene rings is 1. The second-order valence-corrected chi connectivity index (χ2v) is 8.12. The molecule has 1 fully saturated rings. The van der Waals surface area contributed by atoms with E-state index >= 15 is 0 Å². The zero-order chi connectivity index (χ0) is 18.1. The molecule has 1 atom stereocenters. The molecule has 0 bridgehead atoms. The molecule has 0 N–H and O–H groups in total. The lowest BCUT2D eigenvalue weighted by Crippen LogP contribution is -2.36. The summed E-state index contributed by atoms with van der Waals surface area (Å²) in [5.74, 6) is 0.0897. The summed E-state index contributed by atoms with van der Waals surface area (Å²) >= 11 is 1.57. The summed E-state index contributed by atoms with van der Waals surface area (Å²) in [7, 11) is 1.94. The van der Waals surface area contributed by atoms with Crippen molar-refractivity contribution in [1.29, 1.82) is 0 Å². The first-order valence-corrected chi connectivity index (χ1v) is 9.71. The predicted octanol–water partition coefficient (Wildman–Crippen LogP) is 4.00. The molecule has 136 valence electrons. The van der Waals surface area contributed by atoms with E-state index in [4.69, 9.17) is 4.74 Å². The highest BCUT2D eigenvalue weighted by Gasteiger charge is 2.25. The van der Waals surface area contributed by atoms with Crippen LogP contribution in [0.2, 0.25) is 0 Å². The lowest BCUT2D eigenvalue weighted by molar-refractivity contribution is 0.0695. The minimum Gasteiger partial charge on any atom is -0.373 e. The Hall–Kier alpha value is -1.66. The first-order chi connectivity index (χ1) is 11.9. The van der Waals surface area contributed by atoms with Gasteiger partial charge in [-0.15, -0.1) is 11.3 Å². The molecule has 0 radical (unpaired) electrons. The number of nitrogens with zero attached hydrogens (tertiary/aromatic N) is 3. The molecule has 0 saturated carbocycles. The minimum atomic E-state index is 0.0897. The molecule has 2 aromatic rings. The molecule has 0 aliphatic carbocycles. The van der Waals surface area contributed by atoms with E-state index in [1.807, 2.05) is 35.7 Å². The van der Waals surface area contributed by atoms with Crippen LogP contribution in [0.3, 0.4) is 0 Å². The summed E-state index contributed by atoms with van der Waals surface area (Å²) in [6, 6.07) is 4.12. The van der Waals surface area contributed by atoms with Crippen molar-refractivity contribution >= 4 is 17.2 Å². The molecule has 5 nitrogen and oxygen atoms in total. The van der Waals surface area contributed by atoms with Gasteiger partial charge in [0.25, 0.3) is 5.91 Å². The molecule has 2 aromatic heterocycles. The minimum absolute atomic E-state index is 0.0897. The van der Waals surface area contributed by atoms with Gasteiger partial charge < -0.3 is 9.64 Å². The molecule has 0 unspecified atom stereocenters. The summed E-state index contributed by atoms with van der Waals surface area (Å²) in [5.41, 5.74) is 3.24. The van der Waals surface area contributed by atoms with Gasteiger partial charge in [0.2, 0.25) is 0 Å². The van der Waals surface area contributed by atoms with Gasteiger partial charge in [-0.05, 0) is 52.7 Å². The molecule has 0 spiro atoms. The maximum Gasteiger partial charge on any atom is 0.264 e. The third-order valence-corrected chi connectivity index (χ3v) is 6.12. The lowest BCUT2D eigenvalue weighted by atomic mass is 10.1. The van der Waals surface area contributed by atoms with E-state index in [0.29, 0.717) is 6.54 Å². The zero-order valence-corrected chi connectivity index (χ0v) is 16.5. The van der Waals surface area contributed by atoms with Gasteiger partial charge in [-0.2, -0.15) is 5.10 Å². The Labute approximate surface area is 153 Å². The quantitative estimate of drug-likeness (QED) is 0.809. The Morgan fingerprint density at radius 1 is 1.44 bits per heavy atom. The zero-order valence-electron chi connectivity index (χ0n) is 15.7. The molecule has 1 aliphatic rings. The van der Waals surface area contributed by atoms with Crippen LogP contribution in [-0.2, 0) is 18.3 Å². The molecule has 6 heteroatoms. The normalized spacial score (nSPS) is 17.4. The molecule has 0 aromatic carbocycles. The molecule has 3 rings (SSSR count). The van der Waals surface area contributed by atoms with Crippen molar-refractivity contribution < 1.29 is 9.53 Å². The van der Waals surface area contributed by atoms with Gasteiger partial charge in [0.05, 0.1) is 16.7 Å². The summed E-state index contributed by atoms with van der Waals surface area (Å²) < 4.78 is 7.63. The Morgan fingerprint density at radius 3 is 2.76 bits per heavy atom. The highest BCUT2D eigenvalue weighted by Crippen LogP contribution is 2.34. The highest BCUT2D eigenvalue weighted by atomic mass is 32.1. The number of hydrogen-bond donors (Lipinski definition) is 0. The van der Waals surface area contributed by atoms with E-state index in [2.05, 4.69) is 25.9 Å². The molecule has 25 heavy (non-hydrogen) atoms. The number of rotatable bonds is 5. The Bertz CT molecular complexity index is 757. The molecule has 1 amide bonds. The molecule has 1 saturated heterocycles. The van der Waals surface area contributed by atoms with E-state index in [1.54, 1.807) is 11.3 Å². The maximum absolute atomic E-state index is 13.1. The van der Waals surface area contributed by atoms with Gasteiger partial charge >= 0.3 is 0 Å². The number of carbonyl (C=O) groups is 1. The van der Waals surface area contributed by atoms with Gasteiger partial charge in [0, 0.05) is 42.4 Å². The number of hydrogen-bond acceptors (Lipinski definition) is 4. The van der Waals surface area contributed by atoms with Crippen LogP contribution >= 0.6 is 11.3 Å². The van der Waals surface area contributed by atoms with Gasteiger partial charge in [0.15, 0.2) is 0 Å². The number of amides is 1. The number of ether oxygens (including phenoxy) is 1. The summed E-state index contributed by atoms with van der Waals surface area (Å²) in [6.45, 7) is 9.60. The summed E-state index contributed by atoms with van der Waals surface area (Å²) in [6.07, 6.45) is 2.32. The second kappa shape index (κ2) is 7.30. The monoisotopic (exact) mass is 361 g/mol. The van der Waals surface area contributed by atoms with Crippen molar-refractivity contribution in [1.82, 2.24) is 14.7 Å². The van der Waals surface area contributed by atoms with Crippen LogP contribution in [0, 0.1) is 13.8 Å². The Balaban J connectivity index is 1.81. The standard InChI is InChI=1S/C19H27N3O2S/c1-12(2)22(11-15-13(3)20-21(5)14(15)4)19(23)18-9-8-17(25-18)16-7-6-10-24-16/h8-9,12,16H,6-7,10-11H2,1-5H3/t16-/m0/s1. The topological polar surface area (TPSA) is 47.4 Å². The first kappa shape index (κ1) is 18.1. The van der Waals surface area contributed by atoms with Crippen LogP contribution in [0.5, 0.6) is 0 Å². The van der Waals surface area contributed by atoms with E-state index in [9.17, 15) is 4.79 Å². The van der Waals surface area contributed by atoms with Crippen LogP contribution in [-0.4, -0.2) is 33.2 Å². The Kier molecular flexibility index (Phi) is 5.29. The van der Waals surface area contributed by atoms with Crippen LogP contribution in [0.15, 0.2) is 12.1 Å². The summed E-state index contributed by atoms with van der Waals surface area (Å²) in [4.78, 5) is 17.0. The van der Waals surface area contributed by atoms with Crippen molar-refractivity contribution in [3.05, 3.63) is 38.8 Å².